The lowest BCUT2D eigenvalue weighted by molar-refractivity contribution is -0.147. The molecule has 1 saturated heterocycles. The van der Waals surface area contributed by atoms with Gasteiger partial charge in [0, 0.05) is 44.7 Å². The maximum atomic E-state index is 15.1. The molecule has 20 nitrogen and oxygen atoms in total. The van der Waals surface area contributed by atoms with Crippen molar-refractivity contribution in [3.63, 3.8) is 0 Å². The molecule has 0 radical (unpaired) electrons. The van der Waals surface area contributed by atoms with Gasteiger partial charge in [-0.05, 0) is 136 Å². The van der Waals surface area contributed by atoms with Crippen LogP contribution in [-0.2, 0) is 48.0 Å². The van der Waals surface area contributed by atoms with Crippen molar-refractivity contribution < 1.29 is 61.2 Å². The first-order chi connectivity index (χ1) is 39.4. The molecular formula is C61H75F2N9O11. The van der Waals surface area contributed by atoms with Gasteiger partial charge in [0.25, 0.3) is 5.91 Å². The van der Waals surface area contributed by atoms with Crippen LogP contribution < -0.4 is 31.6 Å². The molecule has 83 heavy (non-hydrogen) atoms. The Bertz CT molecular complexity index is 3200. The highest BCUT2D eigenvalue weighted by molar-refractivity contribution is 6.03. The van der Waals surface area contributed by atoms with Crippen molar-refractivity contribution >= 4 is 41.6 Å². The maximum Gasteiger partial charge on any atom is 0.410 e. The predicted octanol–water partition coefficient (Wildman–Crippen LogP) is 8.40. The van der Waals surface area contributed by atoms with Gasteiger partial charge in [-0.15, -0.1) is 0 Å². The summed E-state index contributed by atoms with van der Waals surface area (Å²) in [5.74, 6) is -3.12. The Morgan fingerprint density at radius 1 is 0.843 bits per heavy atom. The number of piperidine rings is 1. The fourth-order valence-electron chi connectivity index (χ4n) is 10.5. The number of likely N-dealkylation sites (N-methyl/N-ethyl adjacent to an activating group) is 1. The number of primary amides is 1. The molecule has 22 heteroatoms. The highest BCUT2D eigenvalue weighted by Gasteiger charge is 2.44. The molecule has 2 aliphatic heterocycles. The Morgan fingerprint density at radius 3 is 2.28 bits per heavy atom. The van der Waals surface area contributed by atoms with Crippen molar-refractivity contribution in [3.8, 4) is 28.5 Å². The van der Waals surface area contributed by atoms with Crippen LogP contribution in [0.2, 0.25) is 0 Å². The molecule has 0 unspecified atom stereocenters. The predicted molar refractivity (Wildman–Crippen MR) is 304 cm³/mol. The number of anilines is 1. The number of aromatic nitrogens is 2. The van der Waals surface area contributed by atoms with E-state index < -0.39 is 76.7 Å². The fraction of sp³-hybridized carbons (Fsp3) is 0.459. The van der Waals surface area contributed by atoms with E-state index in [4.69, 9.17) is 35.2 Å². The Labute approximate surface area is 482 Å². The monoisotopic (exact) mass is 1150 g/mol. The van der Waals surface area contributed by atoms with E-state index in [0.29, 0.717) is 36.8 Å². The van der Waals surface area contributed by atoms with Crippen molar-refractivity contribution in [2.24, 2.45) is 11.1 Å². The molecule has 444 valence electrons. The number of fused-ring (bicyclic) bond motifs is 2. The van der Waals surface area contributed by atoms with E-state index in [1.165, 1.54) is 50.2 Å². The number of halogens is 2. The van der Waals surface area contributed by atoms with Gasteiger partial charge in [-0.1, -0.05) is 51.1 Å². The molecular weight excluding hydrogens is 1070 g/mol. The molecule has 6 amide bonds. The fourth-order valence-corrected chi connectivity index (χ4v) is 10.5. The highest BCUT2D eigenvalue weighted by Crippen LogP contribution is 2.36. The molecule has 1 aromatic heterocycles. The lowest BCUT2D eigenvalue weighted by Crippen LogP contribution is -2.62. The van der Waals surface area contributed by atoms with Gasteiger partial charge < -0.3 is 55.6 Å². The number of ether oxygens (including phenoxy) is 5. The number of hydrogen-bond acceptors (Lipinski definition) is 13. The highest BCUT2D eigenvalue weighted by atomic mass is 19.1. The van der Waals surface area contributed by atoms with Crippen LogP contribution >= 0.6 is 0 Å². The van der Waals surface area contributed by atoms with Crippen LogP contribution in [0.4, 0.5) is 24.2 Å². The number of carbonyl (C=O) groups is 6. The summed E-state index contributed by atoms with van der Waals surface area (Å²) in [6, 6.07) is 19.2. The molecule has 5 atom stereocenters. The molecule has 6 N–H and O–H groups in total. The van der Waals surface area contributed by atoms with Crippen molar-refractivity contribution in [1.29, 1.82) is 0 Å². The minimum atomic E-state index is -1.09. The van der Waals surface area contributed by atoms with Crippen LogP contribution in [0.25, 0.3) is 11.3 Å². The number of nitrogen functional groups attached to an aromatic ring is 1. The minimum Gasteiger partial charge on any atom is -0.491 e. The Morgan fingerprint density at radius 2 is 1.57 bits per heavy atom. The first-order valence-corrected chi connectivity index (χ1v) is 28.0. The number of rotatable bonds is 18. The average molecular weight is 1150 g/mol. The third kappa shape index (κ3) is 14.9. The molecule has 3 aliphatic rings. The van der Waals surface area contributed by atoms with Crippen molar-refractivity contribution in [2.45, 2.75) is 129 Å². The number of nitrogens with two attached hydrogens (primary N) is 2. The average Bonchev–Trinajstić information content (AvgIpc) is 3.10. The molecule has 0 bridgehead atoms. The Balaban J connectivity index is 0.861. The van der Waals surface area contributed by atoms with Crippen LogP contribution in [0.3, 0.4) is 0 Å². The molecule has 0 saturated carbocycles. The van der Waals surface area contributed by atoms with E-state index in [-0.39, 0.29) is 86.5 Å². The summed E-state index contributed by atoms with van der Waals surface area (Å²) in [5.41, 5.74) is 15.2. The molecule has 8 rings (SSSR count). The van der Waals surface area contributed by atoms with Crippen molar-refractivity contribution in [3.05, 3.63) is 124 Å². The van der Waals surface area contributed by atoms with Crippen molar-refractivity contribution in [1.82, 2.24) is 35.1 Å². The second-order valence-electron chi connectivity index (χ2n) is 23.3. The van der Waals surface area contributed by atoms with Gasteiger partial charge in [0.05, 0.1) is 25.3 Å². The molecule has 3 heterocycles. The van der Waals surface area contributed by atoms with Gasteiger partial charge in [0.15, 0.2) is 11.6 Å². The quantitative estimate of drug-likeness (QED) is 0.0602. The number of benzene rings is 4. The summed E-state index contributed by atoms with van der Waals surface area (Å²) in [6.45, 7) is 13.2. The van der Waals surface area contributed by atoms with E-state index in [1.54, 1.807) is 45.9 Å². The molecule has 5 aromatic rings. The number of likely N-dealkylation sites (tertiary alicyclic amines) is 1. The number of carbonyl (C=O) groups excluding carboxylic acids is 6. The number of nitrogens with one attached hydrogen (secondary N) is 2. The zero-order chi connectivity index (χ0) is 59.9. The van der Waals surface area contributed by atoms with Crippen molar-refractivity contribution in [2.75, 3.05) is 52.3 Å². The zero-order valence-corrected chi connectivity index (χ0v) is 48.3. The molecule has 4 aromatic carbocycles. The second-order valence-corrected chi connectivity index (χ2v) is 23.3. The van der Waals surface area contributed by atoms with E-state index in [1.807, 2.05) is 51.1 Å². The number of amides is 6. The standard InChI is InChI=1S/C61H75F2N9O11/c1-36(69(8)58(77)83-61(5,6)7)55(74)67-52(60(2,3)4)57(76)71-34-40-31-44(24-20-39(40)32-48(71)56(75)66-47-17-11-14-37-13-9-10-16-45(37)47)80-29-27-79-28-30-81-59(78)70-26-12-15-42(35-70)72-53(64)50(54(65)73)51(68-72)38-18-22-43(23-19-38)82-49-25-21-41(62)33-46(49)63/h9-10,13,16,18-25,31,33,36,42,47-48,52H,11-12,14-15,17,26-30,32,34-35,64H2,1-8H3,(H2,65,73)(H,66,75)(H,67,74)/t36-,42+,47+,48-,52+/m0/s1. The largest absolute Gasteiger partial charge is 0.491 e. The van der Waals surface area contributed by atoms with Crippen LogP contribution in [-0.4, -0.2) is 131 Å². The molecule has 0 spiro atoms. The minimum absolute atomic E-state index is 0.00213. The van der Waals surface area contributed by atoms with Gasteiger partial charge in [-0.2, -0.15) is 5.10 Å². The number of aryl methyl sites for hydroxylation is 1. The lowest BCUT2D eigenvalue weighted by atomic mass is 9.83. The number of hydrogen-bond donors (Lipinski definition) is 4. The van der Waals surface area contributed by atoms with E-state index in [0.717, 1.165) is 42.0 Å². The summed E-state index contributed by atoms with van der Waals surface area (Å²) in [5, 5.41) is 10.9. The van der Waals surface area contributed by atoms with Gasteiger partial charge >= 0.3 is 12.2 Å². The first kappa shape index (κ1) is 60.8. The zero-order valence-electron chi connectivity index (χ0n) is 48.3. The topological polar surface area (TPSA) is 252 Å². The molecule has 1 aliphatic carbocycles. The Kier molecular flexibility index (Phi) is 19.0. The van der Waals surface area contributed by atoms with E-state index in [9.17, 15) is 32.8 Å². The van der Waals surface area contributed by atoms with E-state index in [2.05, 4.69) is 21.8 Å². The van der Waals surface area contributed by atoms with Gasteiger partial charge in [0.1, 0.15) is 71.3 Å². The van der Waals surface area contributed by atoms with Gasteiger partial charge in [-0.3, -0.25) is 24.1 Å². The van der Waals surface area contributed by atoms with Crippen LogP contribution in [0.15, 0.2) is 84.9 Å². The summed E-state index contributed by atoms with van der Waals surface area (Å²) >= 11 is 0. The first-order valence-electron chi connectivity index (χ1n) is 28.0. The molecule has 1 fully saturated rings. The van der Waals surface area contributed by atoms with E-state index >= 15 is 4.79 Å². The SMILES string of the molecule is C[C@@H](C(=O)N[C@H](C(=O)N1Cc2cc(OCCOCCOC(=O)N3CCC[C@@H](n4nc(-c5ccc(Oc6ccc(F)cc6F)cc5)c(C(N)=O)c4N)C3)ccc2C[C@H]1C(=O)N[C@@H]1CCCc2ccccc21)C(C)(C)C)N(C)C(=O)OC(C)(C)C. The Hall–Kier alpha value is -8.27. The number of nitrogens with zero attached hydrogens (tertiary/aromatic N) is 5. The lowest BCUT2D eigenvalue weighted by Gasteiger charge is -2.42. The van der Waals surface area contributed by atoms with Crippen LogP contribution in [0, 0.1) is 17.0 Å². The summed E-state index contributed by atoms with van der Waals surface area (Å²) in [4.78, 5) is 86.7. The third-order valence-corrected chi connectivity index (χ3v) is 15.0. The smallest absolute Gasteiger partial charge is 0.410 e. The maximum absolute atomic E-state index is 15.1. The van der Waals surface area contributed by atoms with Crippen LogP contribution in [0.1, 0.15) is 119 Å². The summed E-state index contributed by atoms with van der Waals surface area (Å²) in [7, 11) is 1.46. The second kappa shape index (κ2) is 25.9. The van der Waals surface area contributed by atoms with Gasteiger partial charge in [0.2, 0.25) is 17.7 Å². The van der Waals surface area contributed by atoms with Crippen LogP contribution in [0.5, 0.6) is 17.2 Å². The summed E-state index contributed by atoms with van der Waals surface area (Å²) in [6.07, 6.45) is 2.69. The third-order valence-electron chi connectivity index (χ3n) is 15.0. The summed E-state index contributed by atoms with van der Waals surface area (Å²) < 4.78 is 57.6. The van der Waals surface area contributed by atoms with Gasteiger partial charge in [-0.25, -0.2) is 23.1 Å². The normalized spacial score (nSPS) is 17.7.